The highest BCUT2D eigenvalue weighted by Crippen LogP contribution is 2.30. The first-order chi connectivity index (χ1) is 8.59. The number of anilines is 1. The number of nitrogens with zero attached hydrogens (tertiary/aromatic N) is 1. The summed E-state index contributed by atoms with van der Waals surface area (Å²) in [6.07, 6.45) is 1.63. The summed E-state index contributed by atoms with van der Waals surface area (Å²) in [5.74, 6) is -0.282. The molecule has 0 aliphatic rings. The summed E-state index contributed by atoms with van der Waals surface area (Å²) in [6.45, 7) is 1.77. The van der Waals surface area contributed by atoms with Crippen molar-refractivity contribution in [2.45, 2.75) is 6.92 Å². The predicted octanol–water partition coefficient (Wildman–Crippen LogP) is 3.95. The first-order valence-electron chi connectivity index (χ1n) is 5.26. The maximum atomic E-state index is 12.1. The van der Waals surface area contributed by atoms with E-state index in [9.17, 15) is 4.79 Å². The van der Waals surface area contributed by atoms with E-state index >= 15 is 0 Å². The molecule has 2 aromatic rings. The lowest BCUT2D eigenvalue weighted by Gasteiger charge is -2.10. The number of carbonyl (C=O) groups excluding carboxylic acids is 1. The highest BCUT2D eigenvalue weighted by molar-refractivity contribution is 6.40. The van der Waals surface area contributed by atoms with Crippen LogP contribution in [0.2, 0.25) is 10.0 Å². The van der Waals surface area contributed by atoms with Crippen molar-refractivity contribution in [3.63, 3.8) is 0 Å². The van der Waals surface area contributed by atoms with Gasteiger partial charge in [-0.05, 0) is 31.2 Å². The van der Waals surface area contributed by atoms with Crippen LogP contribution in [0.1, 0.15) is 16.1 Å². The lowest BCUT2D eigenvalue weighted by molar-refractivity contribution is 0.102. The van der Waals surface area contributed by atoms with E-state index in [1.807, 2.05) is 0 Å². The minimum atomic E-state index is -0.282. The van der Waals surface area contributed by atoms with Crippen LogP contribution >= 0.6 is 23.2 Å². The quantitative estimate of drug-likeness (QED) is 0.905. The Bertz CT molecular complexity index is 579. The van der Waals surface area contributed by atoms with Crippen LogP contribution < -0.4 is 5.32 Å². The fourth-order valence-electron chi connectivity index (χ4n) is 1.52. The molecule has 0 saturated heterocycles. The van der Waals surface area contributed by atoms with Gasteiger partial charge in [-0.25, -0.2) is 0 Å². The normalized spacial score (nSPS) is 10.2. The topological polar surface area (TPSA) is 42.0 Å². The Morgan fingerprint density at radius 1 is 1.17 bits per heavy atom. The molecule has 5 heteroatoms. The number of aromatic nitrogens is 1. The van der Waals surface area contributed by atoms with Crippen LogP contribution in [0.15, 0.2) is 36.5 Å². The maximum absolute atomic E-state index is 12.1. The fraction of sp³-hybridized carbons (Fsp3) is 0.0769. The standard InChI is InChI=1S/C13H10Cl2N2O/c1-8-9(4-3-7-16-8)13(18)17-12-10(14)5-2-6-11(12)15/h2-7H,1H3,(H,17,18). The molecule has 0 radical (unpaired) electrons. The number of amides is 1. The smallest absolute Gasteiger partial charge is 0.257 e. The number of halogens is 2. The first-order valence-corrected chi connectivity index (χ1v) is 6.02. The Morgan fingerprint density at radius 3 is 2.44 bits per heavy atom. The molecule has 1 amide bonds. The van der Waals surface area contributed by atoms with Gasteiger partial charge in [-0.3, -0.25) is 9.78 Å². The summed E-state index contributed by atoms with van der Waals surface area (Å²) in [6, 6.07) is 8.45. The molecule has 0 unspecified atom stereocenters. The van der Waals surface area contributed by atoms with Crippen molar-refractivity contribution in [2.75, 3.05) is 5.32 Å². The van der Waals surface area contributed by atoms with E-state index in [0.717, 1.165) is 0 Å². The fourth-order valence-corrected chi connectivity index (χ4v) is 2.01. The second kappa shape index (κ2) is 5.38. The van der Waals surface area contributed by atoms with Gasteiger partial charge in [-0.2, -0.15) is 0 Å². The van der Waals surface area contributed by atoms with Gasteiger partial charge in [-0.15, -0.1) is 0 Å². The third kappa shape index (κ3) is 2.63. The zero-order chi connectivity index (χ0) is 13.1. The average molecular weight is 281 g/mol. The number of carbonyl (C=O) groups is 1. The average Bonchev–Trinajstić information content (AvgIpc) is 2.34. The van der Waals surface area contributed by atoms with Gasteiger partial charge in [0.1, 0.15) is 0 Å². The van der Waals surface area contributed by atoms with Crippen molar-refractivity contribution >= 4 is 34.8 Å². The number of pyridine rings is 1. The van der Waals surface area contributed by atoms with Crippen LogP contribution in [0, 0.1) is 6.92 Å². The van der Waals surface area contributed by atoms with Crippen molar-refractivity contribution in [2.24, 2.45) is 0 Å². The number of rotatable bonds is 2. The Morgan fingerprint density at radius 2 is 1.83 bits per heavy atom. The molecule has 3 nitrogen and oxygen atoms in total. The minimum absolute atomic E-state index is 0.282. The van der Waals surface area contributed by atoms with Crippen LogP contribution in [0.25, 0.3) is 0 Å². The molecular weight excluding hydrogens is 271 g/mol. The molecule has 92 valence electrons. The molecule has 1 N–H and O–H groups in total. The highest BCUT2D eigenvalue weighted by Gasteiger charge is 2.13. The van der Waals surface area contributed by atoms with Gasteiger partial charge in [0.25, 0.3) is 5.91 Å². The SMILES string of the molecule is Cc1ncccc1C(=O)Nc1c(Cl)cccc1Cl. The molecule has 18 heavy (non-hydrogen) atoms. The maximum Gasteiger partial charge on any atom is 0.257 e. The molecule has 0 aliphatic heterocycles. The van der Waals surface area contributed by atoms with Gasteiger partial charge in [-0.1, -0.05) is 29.3 Å². The Balaban J connectivity index is 2.30. The molecule has 1 aromatic heterocycles. The van der Waals surface area contributed by atoms with Crippen molar-refractivity contribution in [3.05, 3.63) is 57.8 Å². The number of benzene rings is 1. The van der Waals surface area contributed by atoms with E-state index in [0.29, 0.717) is 27.0 Å². The van der Waals surface area contributed by atoms with Crippen molar-refractivity contribution in [3.8, 4) is 0 Å². The van der Waals surface area contributed by atoms with Crippen LogP contribution in [0.4, 0.5) is 5.69 Å². The van der Waals surface area contributed by atoms with Crippen molar-refractivity contribution in [1.29, 1.82) is 0 Å². The molecule has 1 aromatic carbocycles. The van der Waals surface area contributed by atoms with E-state index in [2.05, 4.69) is 10.3 Å². The Hall–Kier alpha value is -1.58. The molecule has 2 rings (SSSR count). The zero-order valence-corrected chi connectivity index (χ0v) is 11.1. The molecular formula is C13H10Cl2N2O. The summed E-state index contributed by atoms with van der Waals surface area (Å²) in [7, 11) is 0. The molecule has 0 bridgehead atoms. The third-order valence-corrected chi connectivity index (χ3v) is 3.08. The molecule has 0 spiro atoms. The first kappa shape index (κ1) is 12.9. The van der Waals surface area contributed by atoms with Crippen LogP contribution in [-0.2, 0) is 0 Å². The van der Waals surface area contributed by atoms with Crippen molar-refractivity contribution < 1.29 is 4.79 Å². The van der Waals surface area contributed by atoms with Crippen LogP contribution in [0.3, 0.4) is 0 Å². The highest BCUT2D eigenvalue weighted by atomic mass is 35.5. The number of hydrogen-bond acceptors (Lipinski definition) is 2. The second-order valence-electron chi connectivity index (χ2n) is 3.69. The summed E-state index contributed by atoms with van der Waals surface area (Å²) in [4.78, 5) is 16.1. The number of aryl methyl sites for hydroxylation is 1. The summed E-state index contributed by atoms with van der Waals surface area (Å²) < 4.78 is 0. The number of hydrogen-bond donors (Lipinski definition) is 1. The van der Waals surface area contributed by atoms with E-state index in [4.69, 9.17) is 23.2 Å². The van der Waals surface area contributed by atoms with E-state index in [1.54, 1.807) is 43.5 Å². The summed E-state index contributed by atoms with van der Waals surface area (Å²) >= 11 is 12.0. The molecule has 0 fully saturated rings. The van der Waals surface area contributed by atoms with E-state index in [1.165, 1.54) is 0 Å². The van der Waals surface area contributed by atoms with Gasteiger partial charge < -0.3 is 5.32 Å². The monoisotopic (exact) mass is 280 g/mol. The largest absolute Gasteiger partial charge is 0.319 e. The van der Waals surface area contributed by atoms with Crippen LogP contribution in [-0.4, -0.2) is 10.9 Å². The van der Waals surface area contributed by atoms with Crippen molar-refractivity contribution in [1.82, 2.24) is 4.98 Å². The van der Waals surface area contributed by atoms with Gasteiger partial charge in [0.05, 0.1) is 21.3 Å². The third-order valence-electron chi connectivity index (χ3n) is 2.45. The lowest BCUT2D eigenvalue weighted by Crippen LogP contribution is -2.14. The molecule has 0 atom stereocenters. The Labute approximate surface area is 115 Å². The van der Waals surface area contributed by atoms with Crippen LogP contribution in [0.5, 0.6) is 0 Å². The Kier molecular flexibility index (Phi) is 3.84. The number of para-hydroxylation sites is 1. The molecule has 1 heterocycles. The number of nitrogens with one attached hydrogen (secondary N) is 1. The van der Waals surface area contributed by atoms with Gasteiger partial charge in [0, 0.05) is 11.9 Å². The van der Waals surface area contributed by atoms with Gasteiger partial charge >= 0.3 is 0 Å². The lowest BCUT2D eigenvalue weighted by atomic mass is 10.2. The summed E-state index contributed by atoms with van der Waals surface area (Å²) in [5, 5.41) is 3.49. The van der Waals surface area contributed by atoms with E-state index < -0.39 is 0 Å². The second-order valence-corrected chi connectivity index (χ2v) is 4.50. The van der Waals surface area contributed by atoms with Gasteiger partial charge in [0.2, 0.25) is 0 Å². The van der Waals surface area contributed by atoms with Gasteiger partial charge in [0.15, 0.2) is 0 Å². The summed E-state index contributed by atoms with van der Waals surface area (Å²) in [5.41, 5.74) is 1.56. The minimum Gasteiger partial charge on any atom is -0.319 e. The molecule has 0 saturated carbocycles. The zero-order valence-electron chi connectivity index (χ0n) is 9.58. The molecule has 0 aliphatic carbocycles. The predicted molar refractivity (Wildman–Crippen MR) is 73.4 cm³/mol. The van der Waals surface area contributed by atoms with E-state index in [-0.39, 0.29) is 5.91 Å².